The molecule has 2 aliphatic heterocycles. The Hall–Kier alpha value is -2.28. The second kappa shape index (κ2) is 7.62. The van der Waals surface area contributed by atoms with Crippen LogP contribution in [0.15, 0.2) is 6.20 Å². The van der Waals surface area contributed by atoms with E-state index in [0.29, 0.717) is 18.9 Å². The molecule has 2 aliphatic rings. The Morgan fingerprint density at radius 3 is 2.86 bits per heavy atom. The van der Waals surface area contributed by atoms with Gasteiger partial charge in [0.25, 0.3) is 0 Å². The van der Waals surface area contributed by atoms with E-state index in [1.807, 2.05) is 22.7 Å². The molecule has 0 saturated carbocycles. The van der Waals surface area contributed by atoms with Crippen LogP contribution in [0.1, 0.15) is 65.8 Å². The van der Waals surface area contributed by atoms with Crippen molar-refractivity contribution in [2.75, 3.05) is 19.6 Å². The Bertz CT molecular complexity index is 883. The van der Waals surface area contributed by atoms with Gasteiger partial charge in [0, 0.05) is 55.8 Å². The zero-order chi connectivity index (χ0) is 19.8. The zero-order valence-corrected chi connectivity index (χ0v) is 17.3. The zero-order valence-electron chi connectivity index (χ0n) is 17.3. The molecule has 2 atom stereocenters. The van der Waals surface area contributed by atoms with Gasteiger partial charge in [-0.3, -0.25) is 9.48 Å². The predicted molar refractivity (Wildman–Crippen MR) is 107 cm³/mol. The molecule has 7 heteroatoms. The summed E-state index contributed by atoms with van der Waals surface area (Å²) < 4.78 is 1.99. The number of hydrogen-bond acceptors (Lipinski definition) is 5. The molecule has 2 unspecified atom stereocenters. The van der Waals surface area contributed by atoms with Crippen molar-refractivity contribution < 1.29 is 4.79 Å². The average Bonchev–Trinajstić information content (AvgIpc) is 3.32. The van der Waals surface area contributed by atoms with E-state index >= 15 is 0 Å². The first-order valence-corrected chi connectivity index (χ1v) is 10.3. The van der Waals surface area contributed by atoms with E-state index in [2.05, 4.69) is 36.2 Å². The molecule has 4 heterocycles. The molecule has 0 aromatic carbocycles. The molecule has 28 heavy (non-hydrogen) atoms. The van der Waals surface area contributed by atoms with Gasteiger partial charge in [-0.15, -0.1) is 0 Å². The summed E-state index contributed by atoms with van der Waals surface area (Å²) in [6.07, 6.45) is 4.31. The van der Waals surface area contributed by atoms with E-state index in [1.165, 1.54) is 5.56 Å². The summed E-state index contributed by atoms with van der Waals surface area (Å²) in [5.74, 6) is 1.56. The van der Waals surface area contributed by atoms with E-state index in [9.17, 15) is 4.79 Å². The molecule has 0 radical (unpaired) electrons. The van der Waals surface area contributed by atoms with Crippen molar-refractivity contribution in [3.63, 3.8) is 0 Å². The summed E-state index contributed by atoms with van der Waals surface area (Å²) in [5, 5.41) is 7.99. The number of hydrogen-bond donors (Lipinski definition) is 1. The highest BCUT2D eigenvalue weighted by Crippen LogP contribution is 2.24. The summed E-state index contributed by atoms with van der Waals surface area (Å²) in [7, 11) is 0. The normalized spacial score (nSPS) is 20.3. The van der Waals surface area contributed by atoms with Crippen LogP contribution in [0, 0.1) is 20.8 Å². The number of carbonyl (C=O) groups is 1. The summed E-state index contributed by atoms with van der Waals surface area (Å²) in [6, 6.07) is 0.0507. The Labute approximate surface area is 166 Å². The van der Waals surface area contributed by atoms with Crippen LogP contribution in [-0.2, 0) is 17.8 Å². The molecule has 150 valence electrons. The second-order valence-corrected chi connectivity index (χ2v) is 8.25. The second-order valence-electron chi connectivity index (χ2n) is 8.25. The average molecular weight is 383 g/mol. The van der Waals surface area contributed by atoms with Crippen LogP contribution >= 0.6 is 0 Å². The minimum absolute atomic E-state index is 0.0507. The van der Waals surface area contributed by atoms with Crippen LogP contribution in [-0.4, -0.2) is 50.2 Å². The quantitative estimate of drug-likeness (QED) is 0.877. The van der Waals surface area contributed by atoms with E-state index in [1.54, 1.807) is 0 Å². The number of aryl methyl sites for hydroxylation is 1. The standard InChI is InChI=1S/C21H30N6O/c1-13(27-16(4)14(2)15(3)25-27)9-20(28)26-8-6-19-18(12-26)11-23-21(24-19)17-5-7-22-10-17/h11,13,17,22H,5-10,12H2,1-4H3. The van der Waals surface area contributed by atoms with E-state index < -0.39 is 0 Å². The fraction of sp³-hybridized carbons (Fsp3) is 0.619. The number of fused-ring (bicyclic) bond motifs is 1. The molecule has 7 nitrogen and oxygen atoms in total. The lowest BCUT2D eigenvalue weighted by molar-refractivity contribution is -0.133. The number of amides is 1. The lowest BCUT2D eigenvalue weighted by atomic mass is 10.0. The molecule has 0 bridgehead atoms. The van der Waals surface area contributed by atoms with Crippen molar-refractivity contribution in [3.8, 4) is 0 Å². The predicted octanol–water partition coefficient (Wildman–Crippen LogP) is 2.21. The topological polar surface area (TPSA) is 75.9 Å². The SMILES string of the molecule is Cc1nn(C(C)CC(=O)N2CCc3nc(C4CCNC4)ncc3C2)c(C)c1C. The molecule has 1 amide bonds. The van der Waals surface area contributed by atoms with Crippen molar-refractivity contribution in [3.05, 3.63) is 40.2 Å². The summed E-state index contributed by atoms with van der Waals surface area (Å²) in [6.45, 7) is 11.6. The molecule has 0 spiro atoms. The van der Waals surface area contributed by atoms with Gasteiger partial charge in [0.15, 0.2) is 0 Å². The third-order valence-corrected chi connectivity index (χ3v) is 6.31. The molecule has 4 rings (SSSR count). The number of nitrogens with one attached hydrogen (secondary N) is 1. The number of aromatic nitrogens is 4. The van der Waals surface area contributed by atoms with Gasteiger partial charge in [0.05, 0.1) is 17.4 Å². The van der Waals surface area contributed by atoms with Crippen molar-refractivity contribution in [2.45, 2.75) is 65.5 Å². The van der Waals surface area contributed by atoms with E-state index in [0.717, 1.165) is 60.9 Å². The lowest BCUT2D eigenvalue weighted by Crippen LogP contribution is -2.37. The fourth-order valence-corrected chi connectivity index (χ4v) is 4.26. The summed E-state index contributed by atoms with van der Waals surface area (Å²) >= 11 is 0. The van der Waals surface area contributed by atoms with Crippen LogP contribution in [0.25, 0.3) is 0 Å². The van der Waals surface area contributed by atoms with Gasteiger partial charge < -0.3 is 10.2 Å². The maximum absolute atomic E-state index is 12.9. The molecule has 0 aliphatic carbocycles. The first-order valence-electron chi connectivity index (χ1n) is 10.3. The third-order valence-electron chi connectivity index (χ3n) is 6.31. The molecule has 1 saturated heterocycles. The van der Waals surface area contributed by atoms with Crippen LogP contribution in [0.4, 0.5) is 0 Å². The maximum Gasteiger partial charge on any atom is 0.225 e. The van der Waals surface area contributed by atoms with Gasteiger partial charge in [-0.1, -0.05) is 0 Å². The van der Waals surface area contributed by atoms with Crippen molar-refractivity contribution in [1.29, 1.82) is 0 Å². The molecule has 1 fully saturated rings. The number of rotatable bonds is 4. The van der Waals surface area contributed by atoms with E-state index in [4.69, 9.17) is 4.98 Å². The molecule has 1 N–H and O–H groups in total. The summed E-state index contributed by atoms with van der Waals surface area (Å²) in [5.41, 5.74) is 5.59. The first kappa shape index (κ1) is 19.1. The summed E-state index contributed by atoms with van der Waals surface area (Å²) in [4.78, 5) is 24.3. The highest BCUT2D eigenvalue weighted by Gasteiger charge is 2.26. The Morgan fingerprint density at radius 2 is 2.18 bits per heavy atom. The Morgan fingerprint density at radius 1 is 1.36 bits per heavy atom. The molecular weight excluding hydrogens is 352 g/mol. The van der Waals surface area contributed by atoms with Crippen molar-refractivity contribution >= 4 is 5.91 Å². The van der Waals surface area contributed by atoms with Gasteiger partial charge in [-0.05, 0) is 46.2 Å². The van der Waals surface area contributed by atoms with Crippen LogP contribution in [0.3, 0.4) is 0 Å². The molecule has 2 aromatic rings. The minimum Gasteiger partial charge on any atom is -0.338 e. The van der Waals surface area contributed by atoms with Gasteiger partial charge in [-0.2, -0.15) is 5.10 Å². The maximum atomic E-state index is 12.9. The van der Waals surface area contributed by atoms with Gasteiger partial charge in [-0.25, -0.2) is 9.97 Å². The fourth-order valence-electron chi connectivity index (χ4n) is 4.26. The van der Waals surface area contributed by atoms with Crippen LogP contribution in [0.5, 0.6) is 0 Å². The van der Waals surface area contributed by atoms with Crippen molar-refractivity contribution in [1.82, 2.24) is 30.0 Å². The Kier molecular flexibility index (Phi) is 5.19. The Balaban J connectivity index is 1.42. The minimum atomic E-state index is 0.0507. The van der Waals surface area contributed by atoms with Gasteiger partial charge >= 0.3 is 0 Å². The monoisotopic (exact) mass is 382 g/mol. The number of nitrogens with zero attached hydrogens (tertiary/aromatic N) is 5. The van der Waals surface area contributed by atoms with Crippen LogP contribution in [0.2, 0.25) is 0 Å². The van der Waals surface area contributed by atoms with Crippen molar-refractivity contribution in [2.24, 2.45) is 0 Å². The van der Waals surface area contributed by atoms with E-state index in [-0.39, 0.29) is 11.9 Å². The highest BCUT2D eigenvalue weighted by molar-refractivity contribution is 5.77. The smallest absolute Gasteiger partial charge is 0.225 e. The molecular formula is C21H30N6O. The van der Waals surface area contributed by atoms with Crippen LogP contribution < -0.4 is 5.32 Å². The molecule has 2 aromatic heterocycles. The lowest BCUT2D eigenvalue weighted by Gasteiger charge is -2.29. The highest BCUT2D eigenvalue weighted by atomic mass is 16.2. The van der Waals surface area contributed by atoms with Gasteiger partial charge in [0.1, 0.15) is 5.82 Å². The third kappa shape index (κ3) is 3.55. The first-order chi connectivity index (χ1) is 13.4. The largest absolute Gasteiger partial charge is 0.338 e. The number of carbonyl (C=O) groups excluding carboxylic acids is 1. The van der Waals surface area contributed by atoms with Gasteiger partial charge in [0.2, 0.25) is 5.91 Å².